The van der Waals surface area contributed by atoms with Gasteiger partial charge in [0.15, 0.2) is 0 Å². The molecule has 6 heteroatoms. The van der Waals surface area contributed by atoms with Gasteiger partial charge in [-0.3, -0.25) is 4.79 Å². The Morgan fingerprint density at radius 1 is 1.33 bits per heavy atom. The molecule has 2 fully saturated rings. The summed E-state index contributed by atoms with van der Waals surface area (Å²) in [5.74, 6) is -1.30. The Labute approximate surface area is 86.9 Å². The van der Waals surface area contributed by atoms with E-state index >= 15 is 0 Å². The van der Waals surface area contributed by atoms with Crippen LogP contribution < -0.4 is 5.32 Å². The van der Waals surface area contributed by atoms with Crippen LogP contribution in [0.4, 0.5) is 0 Å². The average molecular weight is 214 g/mol. The van der Waals surface area contributed by atoms with Crippen LogP contribution in [0, 0.1) is 5.92 Å². The number of carboxylic acids is 1. The van der Waals surface area contributed by atoms with Gasteiger partial charge in [0.2, 0.25) is 5.91 Å². The van der Waals surface area contributed by atoms with E-state index in [-0.39, 0.29) is 24.8 Å². The van der Waals surface area contributed by atoms with E-state index in [4.69, 9.17) is 5.11 Å². The molecule has 2 heterocycles. The molecule has 0 aliphatic carbocycles. The lowest BCUT2D eigenvalue weighted by molar-refractivity contribution is -0.150. The quantitative estimate of drug-likeness (QED) is 0.507. The van der Waals surface area contributed by atoms with Gasteiger partial charge < -0.3 is 20.4 Å². The van der Waals surface area contributed by atoms with Crippen molar-refractivity contribution in [1.82, 2.24) is 10.2 Å². The second-order valence-electron chi connectivity index (χ2n) is 4.09. The van der Waals surface area contributed by atoms with Crippen LogP contribution in [0.3, 0.4) is 0 Å². The molecule has 0 radical (unpaired) electrons. The highest BCUT2D eigenvalue weighted by atomic mass is 16.4. The molecule has 0 aromatic rings. The number of nitrogens with zero attached hydrogens (tertiary/aromatic N) is 1. The minimum Gasteiger partial charge on any atom is -0.480 e. The Morgan fingerprint density at radius 2 is 2.00 bits per heavy atom. The molecular weight excluding hydrogens is 200 g/mol. The summed E-state index contributed by atoms with van der Waals surface area (Å²) >= 11 is 0. The summed E-state index contributed by atoms with van der Waals surface area (Å²) < 4.78 is 0. The van der Waals surface area contributed by atoms with E-state index in [0.29, 0.717) is 13.1 Å². The maximum Gasteiger partial charge on any atom is 0.326 e. The number of nitrogens with one attached hydrogen (secondary N) is 1. The summed E-state index contributed by atoms with van der Waals surface area (Å²) in [6.07, 6.45) is -0.565. The summed E-state index contributed by atoms with van der Waals surface area (Å²) in [5, 5.41) is 21.2. The number of amides is 1. The number of carbonyl (C=O) groups is 2. The second kappa shape index (κ2) is 3.79. The zero-order valence-corrected chi connectivity index (χ0v) is 8.22. The van der Waals surface area contributed by atoms with E-state index in [1.807, 2.05) is 0 Å². The molecule has 15 heavy (non-hydrogen) atoms. The third-order valence-corrected chi connectivity index (χ3v) is 2.98. The molecule has 0 aromatic heterocycles. The molecule has 6 nitrogen and oxygen atoms in total. The van der Waals surface area contributed by atoms with Gasteiger partial charge in [-0.1, -0.05) is 0 Å². The van der Waals surface area contributed by atoms with Crippen LogP contribution >= 0.6 is 0 Å². The van der Waals surface area contributed by atoms with Crippen molar-refractivity contribution in [3.63, 3.8) is 0 Å². The Morgan fingerprint density at radius 3 is 2.47 bits per heavy atom. The lowest BCUT2D eigenvalue weighted by Gasteiger charge is -2.31. The van der Waals surface area contributed by atoms with Gasteiger partial charge in [0.1, 0.15) is 6.04 Å². The first kappa shape index (κ1) is 10.4. The van der Waals surface area contributed by atoms with Gasteiger partial charge in [0.25, 0.3) is 0 Å². The fraction of sp³-hybridized carbons (Fsp3) is 0.778. The largest absolute Gasteiger partial charge is 0.480 e. The number of carboxylic acid groups (broad SMARTS) is 1. The molecule has 2 atom stereocenters. The number of carbonyl (C=O) groups excluding carboxylic acids is 1. The maximum atomic E-state index is 11.8. The first-order valence-corrected chi connectivity index (χ1v) is 5.01. The predicted molar refractivity (Wildman–Crippen MR) is 50.1 cm³/mol. The normalized spacial score (nSPS) is 31.4. The van der Waals surface area contributed by atoms with Crippen molar-refractivity contribution in [2.24, 2.45) is 5.92 Å². The predicted octanol–water partition coefficient (Wildman–Crippen LogP) is -1.75. The molecular formula is C9H14N2O4. The lowest BCUT2D eigenvalue weighted by atomic mass is 10.0. The zero-order valence-electron chi connectivity index (χ0n) is 8.22. The van der Waals surface area contributed by atoms with E-state index in [2.05, 4.69) is 5.32 Å². The second-order valence-corrected chi connectivity index (χ2v) is 4.09. The minimum absolute atomic E-state index is 0.114. The summed E-state index contributed by atoms with van der Waals surface area (Å²) in [6, 6.07) is -0.854. The van der Waals surface area contributed by atoms with E-state index in [1.165, 1.54) is 4.90 Å². The van der Waals surface area contributed by atoms with Crippen molar-refractivity contribution in [2.45, 2.75) is 18.6 Å². The molecule has 2 saturated heterocycles. The molecule has 0 saturated carbocycles. The fourth-order valence-electron chi connectivity index (χ4n) is 1.99. The van der Waals surface area contributed by atoms with Gasteiger partial charge in [-0.15, -0.1) is 0 Å². The van der Waals surface area contributed by atoms with Crippen LogP contribution in [0.1, 0.15) is 6.42 Å². The van der Waals surface area contributed by atoms with Crippen molar-refractivity contribution in [1.29, 1.82) is 0 Å². The van der Waals surface area contributed by atoms with E-state index < -0.39 is 18.1 Å². The summed E-state index contributed by atoms with van der Waals surface area (Å²) in [4.78, 5) is 24.0. The van der Waals surface area contributed by atoms with Crippen LogP contribution in [-0.4, -0.2) is 58.8 Å². The van der Waals surface area contributed by atoms with Crippen LogP contribution in [0.5, 0.6) is 0 Å². The van der Waals surface area contributed by atoms with Crippen LogP contribution in [-0.2, 0) is 9.59 Å². The molecule has 0 unspecified atom stereocenters. The molecule has 0 bridgehead atoms. The Hall–Kier alpha value is -1.14. The first-order valence-electron chi connectivity index (χ1n) is 5.01. The highest BCUT2D eigenvalue weighted by Crippen LogP contribution is 2.21. The SMILES string of the molecule is O=C(O)[C@@H]1C[C@H](O)CN1C(=O)C1CNC1. The summed E-state index contributed by atoms with van der Waals surface area (Å²) in [7, 11) is 0. The van der Waals surface area contributed by atoms with Crippen molar-refractivity contribution >= 4 is 11.9 Å². The van der Waals surface area contributed by atoms with Crippen LogP contribution in [0.25, 0.3) is 0 Å². The van der Waals surface area contributed by atoms with Gasteiger partial charge in [-0.25, -0.2) is 4.79 Å². The van der Waals surface area contributed by atoms with Crippen molar-refractivity contribution in [3.8, 4) is 0 Å². The number of aliphatic hydroxyl groups excluding tert-OH is 1. The van der Waals surface area contributed by atoms with Gasteiger partial charge in [-0.2, -0.15) is 0 Å². The summed E-state index contributed by atoms with van der Waals surface area (Å²) in [5.41, 5.74) is 0. The molecule has 84 valence electrons. The highest BCUT2D eigenvalue weighted by molar-refractivity contribution is 5.86. The third kappa shape index (κ3) is 1.82. The van der Waals surface area contributed by atoms with Crippen molar-refractivity contribution < 1.29 is 19.8 Å². The molecule has 2 rings (SSSR count). The standard InChI is InChI=1S/C9H14N2O4/c12-6-1-7(9(14)15)11(4-6)8(13)5-2-10-3-5/h5-7,10,12H,1-4H2,(H,14,15)/t6-,7-/m0/s1. The van der Waals surface area contributed by atoms with Gasteiger partial charge in [0, 0.05) is 26.1 Å². The maximum absolute atomic E-state index is 11.8. The van der Waals surface area contributed by atoms with Crippen LogP contribution in [0.2, 0.25) is 0 Å². The highest BCUT2D eigenvalue weighted by Gasteiger charge is 2.42. The summed E-state index contributed by atoms with van der Waals surface area (Å²) in [6.45, 7) is 1.36. The topological polar surface area (TPSA) is 89.9 Å². The minimum atomic E-state index is -1.04. The first-order chi connectivity index (χ1) is 7.09. The molecule has 0 aromatic carbocycles. The Bertz CT molecular complexity index is 290. The number of hydrogen-bond acceptors (Lipinski definition) is 4. The zero-order chi connectivity index (χ0) is 11.0. The molecule has 3 N–H and O–H groups in total. The Balaban J connectivity index is 2.05. The fourth-order valence-corrected chi connectivity index (χ4v) is 1.99. The smallest absolute Gasteiger partial charge is 0.326 e. The Kier molecular flexibility index (Phi) is 2.62. The number of aliphatic carboxylic acids is 1. The average Bonchev–Trinajstić information content (AvgIpc) is 2.44. The van der Waals surface area contributed by atoms with E-state index in [1.54, 1.807) is 0 Å². The molecule has 2 aliphatic rings. The number of likely N-dealkylation sites (tertiary alicyclic amines) is 1. The number of rotatable bonds is 2. The van der Waals surface area contributed by atoms with Crippen molar-refractivity contribution in [2.75, 3.05) is 19.6 Å². The lowest BCUT2D eigenvalue weighted by Crippen LogP contribution is -2.54. The molecule has 2 aliphatic heterocycles. The molecule has 1 amide bonds. The monoisotopic (exact) mass is 214 g/mol. The molecule has 0 spiro atoms. The number of hydrogen-bond donors (Lipinski definition) is 3. The van der Waals surface area contributed by atoms with E-state index in [9.17, 15) is 14.7 Å². The third-order valence-electron chi connectivity index (χ3n) is 2.98. The van der Waals surface area contributed by atoms with Crippen LogP contribution in [0.15, 0.2) is 0 Å². The van der Waals surface area contributed by atoms with E-state index in [0.717, 1.165) is 0 Å². The van der Waals surface area contributed by atoms with Crippen molar-refractivity contribution in [3.05, 3.63) is 0 Å². The number of aliphatic hydroxyl groups is 1. The number of β-amino-alcohol motifs (C(OH)–C–C–N with tert-alkyl or cyclic N) is 1. The van der Waals surface area contributed by atoms with Gasteiger partial charge >= 0.3 is 5.97 Å². The van der Waals surface area contributed by atoms with Gasteiger partial charge in [0.05, 0.1) is 12.0 Å². The van der Waals surface area contributed by atoms with Gasteiger partial charge in [-0.05, 0) is 0 Å².